The van der Waals surface area contributed by atoms with Crippen LogP contribution in [-0.2, 0) is 14.8 Å². The van der Waals surface area contributed by atoms with Crippen LogP contribution < -0.4 is 10.6 Å². The predicted molar refractivity (Wildman–Crippen MR) is 117 cm³/mol. The second-order valence-electron chi connectivity index (χ2n) is 7.31. The van der Waals surface area contributed by atoms with E-state index in [0.717, 1.165) is 36.1 Å². The number of rotatable bonds is 6. The summed E-state index contributed by atoms with van der Waals surface area (Å²) in [5.74, 6) is -0.266. The number of aryl methyl sites for hydroxylation is 2. The Morgan fingerprint density at radius 2 is 1.72 bits per heavy atom. The molecule has 0 bridgehead atoms. The highest BCUT2D eigenvalue weighted by Crippen LogP contribution is 2.25. The van der Waals surface area contributed by atoms with Crippen molar-refractivity contribution in [2.45, 2.75) is 38.0 Å². The van der Waals surface area contributed by atoms with Crippen LogP contribution in [0.1, 0.15) is 30.4 Å². The number of halogens is 1. The number of sulfonamides is 1. The van der Waals surface area contributed by atoms with Crippen molar-refractivity contribution < 1.29 is 13.2 Å². The third-order valence-electron chi connectivity index (χ3n) is 5.06. The fraction of sp³-hybridized carbons (Fsp3) is 0.381. The third kappa shape index (κ3) is 5.29. The van der Waals surface area contributed by atoms with E-state index in [1.807, 2.05) is 26.0 Å². The lowest BCUT2D eigenvalue weighted by atomic mass is 10.2. The summed E-state index contributed by atoms with van der Waals surface area (Å²) in [5.41, 5.74) is 3.00. The van der Waals surface area contributed by atoms with Gasteiger partial charge >= 0.3 is 0 Å². The molecule has 2 aromatic rings. The van der Waals surface area contributed by atoms with Gasteiger partial charge in [-0.25, -0.2) is 8.42 Å². The first-order chi connectivity index (χ1) is 13.8. The van der Waals surface area contributed by atoms with Gasteiger partial charge in [-0.2, -0.15) is 4.31 Å². The van der Waals surface area contributed by atoms with Crippen molar-refractivity contribution >= 4 is 38.9 Å². The zero-order chi connectivity index (χ0) is 21.0. The van der Waals surface area contributed by atoms with E-state index in [2.05, 4.69) is 10.6 Å². The standard InChI is InChI=1S/C21H26ClN3O3S/c1-15-6-8-17(12-19(15)22)23-14-21(26)24-20-13-18(9-7-16(20)2)29(27,28)25-10-4-3-5-11-25/h6-9,12-13,23H,3-5,10-11,14H2,1-2H3,(H,24,26). The van der Waals surface area contributed by atoms with Crippen molar-refractivity contribution in [3.05, 3.63) is 52.5 Å². The average molecular weight is 436 g/mol. The van der Waals surface area contributed by atoms with Crippen LogP contribution in [0.25, 0.3) is 0 Å². The van der Waals surface area contributed by atoms with Crippen molar-refractivity contribution in [1.29, 1.82) is 0 Å². The second kappa shape index (κ2) is 9.15. The first-order valence-corrected chi connectivity index (χ1v) is 11.5. The molecule has 3 rings (SSSR count). The summed E-state index contributed by atoms with van der Waals surface area (Å²) in [6.45, 7) is 4.87. The molecule has 0 saturated carbocycles. The van der Waals surface area contributed by atoms with E-state index in [4.69, 9.17) is 11.6 Å². The molecule has 1 aliphatic rings. The predicted octanol–water partition coefficient (Wildman–Crippen LogP) is 4.18. The molecule has 2 N–H and O–H groups in total. The van der Waals surface area contributed by atoms with Crippen LogP contribution >= 0.6 is 11.6 Å². The molecule has 2 aromatic carbocycles. The maximum Gasteiger partial charge on any atom is 0.243 e. The third-order valence-corrected chi connectivity index (χ3v) is 7.36. The molecule has 0 aromatic heterocycles. The monoisotopic (exact) mass is 435 g/mol. The zero-order valence-electron chi connectivity index (χ0n) is 16.7. The van der Waals surface area contributed by atoms with Gasteiger partial charge in [0.2, 0.25) is 15.9 Å². The number of anilines is 2. The van der Waals surface area contributed by atoms with Gasteiger partial charge in [0.15, 0.2) is 0 Å². The topological polar surface area (TPSA) is 78.5 Å². The highest BCUT2D eigenvalue weighted by atomic mass is 35.5. The molecule has 1 saturated heterocycles. The van der Waals surface area contributed by atoms with E-state index in [9.17, 15) is 13.2 Å². The van der Waals surface area contributed by atoms with Crippen LogP contribution in [0.5, 0.6) is 0 Å². The Morgan fingerprint density at radius 1 is 1.03 bits per heavy atom. The second-order valence-corrected chi connectivity index (χ2v) is 9.65. The summed E-state index contributed by atoms with van der Waals surface area (Å²) in [6.07, 6.45) is 2.81. The largest absolute Gasteiger partial charge is 0.376 e. The quantitative estimate of drug-likeness (QED) is 0.713. The minimum absolute atomic E-state index is 0.0436. The van der Waals surface area contributed by atoms with Gasteiger partial charge in [0.1, 0.15) is 0 Å². The molecule has 1 fully saturated rings. The Bertz CT molecular complexity index is 1000. The number of hydrogen-bond acceptors (Lipinski definition) is 4. The maximum atomic E-state index is 12.9. The van der Waals surface area contributed by atoms with Crippen molar-refractivity contribution in [2.75, 3.05) is 30.3 Å². The number of piperidine rings is 1. The Balaban J connectivity index is 1.69. The van der Waals surface area contributed by atoms with E-state index in [-0.39, 0.29) is 17.3 Å². The van der Waals surface area contributed by atoms with Crippen LogP contribution in [0.4, 0.5) is 11.4 Å². The van der Waals surface area contributed by atoms with Crippen molar-refractivity contribution in [1.82, 2.24) is 4.31 Å². The average Bonchev–Trinajstić information content (AvgIpc) is 2.71. The van der Waals surface area contributed by atoms with E-state index in [0.29, 0.717) is 23.8 Å². The number of carbonyl (C=O) groups is 1. The van der Waals surface area contributed by atoms with Gasteiger partial charge in [0.05, 0.1) is 11.4 Å². The minimum Gasteiger partial charge on any atom is -0.376 e. The molecule has 0 radical (unpaired) electrons. The van der Waals surface area contributed by atoms with Crippen LogP contribution in [0.3, 0.4) is 0 Å². The van der Waals surface area contributed by atoms with Gasteiger partial charge in [-0.15, -0.1) is 0 Å². The Labute approximate surface area is 177 Å². The lowest BCUT2D eigenvalue weighted by molar-refractivity contribution is -0.114. The molecular formula is C21H26ClN3O3S. The molecule has 156 valence electrons. The Morgan fingerprint density at radius 3 is 2.41 bits per heavy atom. The molecule has 6 nitrogen and oxygen atoms in total. The molecule has 0 spiro atoms. The van der Waals surface area contributed by atoms with E-state index < -0.39 is 10.0 Å². The van der Waals surface area contributed by atoms with Gasteiger partial charge in [-0.05, 0) is 62.1 Å². The Kier molecular flexibility index (Phi) is 6.82. The van der Waals surface area contributed by atoms with Crippen molar-refractivity contribution in [3.8, 4) is 0 Å². The molecule has 0 atom stereocenters. The number of nitrogens with zero attached hydrogens (tertiary/aromatic N) is 1. The summed E-state index contributed by atoms with van der Waals surface area (Å²) in [7, 11) is -3.55. The van der Waals surface area contributed by atoms with Gasteiger partial charge in [0.25, 0.3) is 0 Å². The number of amides is 1. The smallest absolute Gasteiger partial charge is 0.243 e. The first kappa shape index (κ1) is 21.6. The summed E-state index contributed by atoms with van der Waals surface area (Å²) in [4.78, 5) is 12.6. The maximum absolute atomic E-state index is 12.9. The van der Waals surface area contributed by atoms with Gasteiger partial charge in [0, 0.05) is 29.5 Å². The van der Waals surface area contributed by atoms with Crippen LogP contribution in [-0.4, -0.2) is 38.3 Å². The Hall–Kier alpha value is -2.09. The van der Waals surface area contributed by atoms with Crippen LogP contribution in [0.2, 0.25) is 5.02 Å². The highest BCUT2D eigenvalue weighted by Gasteiger charge is 2.26. The van der Waals surface area contributed by atoms with Crippen molar-refractivity contribution in [3.63, 3.8) is 0 Å². The number of carbonyl (C=O) groups excluding carboxylic acids is 1. The minimum atomic E-state index is -3.55. The zero-order valence-corrected chi connectivity index (χ0v) is 18.2. The summed E-state index contributed by atoms with van der Waals surface area (Å²) in [6, 6.07) is 10.4. The van der Waals surface area contributed by atoms with E-state index >= 15 is 0 Å². The van der Waals surface area contributed by atoms with E-state index in [1.54, 1.807) is 24.3 Å². The molecule has 8 heteroatoms. The first-order valence-electron chi connectivity index (χ1n) is 9.68. The molecular weight excluding hydrogens is 410 g/mol. The number of hydrogen-bond donors (Lipinski definition) is 2. The highest BCUT2D eigenvalue weighted by molar-refractivity contribution is 7.89. The SMILES string of the molecule is Cc1ccc(NCC(=O)Nc2cc(S(=O)(=O)N3CCCCC3)ccc2C)cc1Cl. The molecule has 1 heterocycles. The van der Waals surface area contributed by atoms with Crippen LogP contribution in [0.15, 0.2) is 41.3 Å². The van der Waals surface area contributed by atoms with Gasteiger partial charge in [-0.1, -0.05) is 30.2 Å². The van der Waals surface area contributed by atoms with Crippen LogP contribution in [0, 0.1) is 13.8 Å². The lowest BCUT2D eigenvalue weighted by Gasteiger charge is -2.26. The molecule has 29 heavy (non-hydrogen) atoms. The molecule has 1 amide bonds. The van der Waals surface area contributed by atoms with Crippen molar-refractivity contribution in [2.24, 2.45) is 0 Å². The van der Waals surface area contributed by atoms with Gasteiger partial charge in [-0.3, -0.25) is 4.79 Å². The molecule has 0 unspecified atom stereocenters. The van der Waals surface area contributed by atoms with Gasteiger partial charge < -0.3 is 10.6 Å². The summed E-state index contributed by atoms with van der Waals surface area (Å²) >= 11 is 6.10. The molecule has 0 aliphatic carbocycles. The molecule has 1 aliphatic heterocycles. The number of benzene rings is 2. The summed E-state index contributed by atoms with van der Waals surface area (Å²) in [5, 5.41) is 6.46. The lowest BCUT2D eigenvalue weighted by Crippen LogP contribution is -2.35. The van der Waals surface area contributed by atoms with E-state index in [1.165, 1.54) is 4.31 Å². The number of nitrogens with one attached hydrogen (secondary N) is 2. The summed E-state index contributed by atoms with van der Waals surface area (Å²) < 4.78 is 27.3. The fourth-order valence-corrected chi connectivity index (χ4v) is 4.95. The fourth-order valence-electron chi connectivity index (χ4n) is 3.23. The normalized spacial score (nSPS) is 15.1.